The maximum atomic E-state index is 11.8. The van der Waals surface area contributed by atoms with Crippen molar-refractivity contribution in [1.82, 2.24) is 0 Å². The van der Waals surface area contributed by atoms with Crippen molar-refractivity contribution in [3.63, 3.8) is 0 Å². The molecule has 1 heterocycles. The third kappa shape index (κ3) is 6.34. The molecule has 3 unspecified atom stereocenters. The molecule has 6 N–H and O–H groups in total. The van der Waals surface area contributed by atoms with Gasteiger partial charge in [0.25, 0.3) is 11.4 Å². The summed E-state index contributed by atoms with van der Waals surface area (Å²) in [6, 6.07) is 19.0. The van der Waals surface area contributed by atoms with Gasteiger partial charge in [-0.15, -0.1) is 0 Å². The van der Waals surface area contributed by atoms with E-state index in [4.69, 9.17) is 20.9 Å². The monoisotopic (exact) mass is 543 g/mol. The van der Waals surface area contributed by atoms with Crippen molar-refractivity contribution < 1.29 is 32.3 Å². The number of aliphatic hydroxyl groups excluding tert-OH is 1. The molecule has 1 aliphatic heterocycles. The van der Waals surface area contributed by atoms with Crippen LogP contribution in [0, 0.1) is 22.7 Å². The van der Waals surface area contributed by atoms with Crippen LogP contribution in [0.2, 0.25) is 0 Å². The van der Waals surface area contributed by atoms with Crippen LogP contribution in [0.25, 0.3) is 0 Å². The standard InChI is InChI=1S/C27H33N3O7S/c1-26(2,24(30)32)14-19(16-28)13-21(31)23(29)27(20-11-7-4-8-12-20,15-18-9-5-3-6-10-18)25-36-17-22(37-25)38(33,34)35/h3-12,17,19,21,23,25,31H,13-15,29H2,1-2H3,(H2,30,32)(H,33,34,35)/t19?,21-,23-,25?,27?/m1/s1. The number of nitriles is 1. The molecular weight excluding hydrogens is 510 g/mol. The number of nitrogens with zero attached hydrogens (tertiary/aromatic N) is 1. The minimum atomic E-state index is -4.72. The molecule has 204 valence electrons. The average Bonchev–Trinajstić information content (AvgIpc) is 3.39. The van der Waals surface area contributed by atoms with E-state index in [9.17, 15) is 28.1 Å². The number of rotatable bonds is 12. The van der Waals surface area contributed by atoms with E-state index >= 15 is 0 Å². The predicted octanol–water partition coefficient (Wildman–Crippen LogP) is 2.35. The number of hydrogen-bond donors (Lipinski definition) is 4. The van der Waals surface area contributed by atoms with Crippen LogP contribution in [0.3, 0.4) is 0 Å². The highest BCUT2D eigenvalue weighted by molar-refractivity contribution is 7.89. The lowest BCUT2D eigenvalue weighted by atomic mass is 9.66. The summed E-state index contributed by atoms with van der Waals surface area (Å²) in [7, 11) is -4.72. The molecule has 0 aliphatic carbocycles. The summed E-state index contributed by atoms with van der Waals surface area (Å²) < 4.78 is 44.4. The van der Waals surface area contributed by atoms with Crippen LogP contribution >= 0.6 is 0 Å². The Kier molecular flexibility index (Phi) is 8.84. The van der Waals surface area contributed by atoms with Gasteiger partial charge in [-0.2, -0.15) is 13.7 Å². The zero-order valence-electron chi connectivity index (χ0n) is 21.2. The minimum absolute atomic E-state index is 0.0942. The first-order chi connectivity index (χ1) is 17.8. The van der Waals surface area contributed by atoms with E-state index in [2.05, 4.69) is 6.07 Å². The summed E-state index contributed by atoms with van der Waals surface area (Å²) >= 11 is 0. The fraction of sp³-hybridized carbons (Fsp3) is 0.407. The normalized spacial score (nSPS) is 19.6. The van der Waals surface area contributed by atoms with E-state index in [-0.39, 0.29) is 19.3 Å². The number of carbonyl (C=O) groups is 1. The van der Waals surface area contributed by atoms with E-state index in [1.54, 1.807) is 44.2 Å². The summed E-state index contributed by atoms with van der Waals surface area (Å²) in [5, 5.41) is 20.4. The van der Waals surface area contributed by atoms with Crippen molar-refractivity contribution in [2.75, 3.05) is 0 Å². The third-order valence-electron chi connectivity index (χ3n) is 6.98. The lowest BCUT2D eigenvalue weighted by Gasteiger charge is -2.44. The van der Waals surface area contributed by atoms with Gasteiger partial charge in [0.05, 0.1) is 17.6 Å². The van der Waals surface area contributed by atoms with Crippen LogP contribution in [-0.2, 0) is 36.2 Å². The summed E-state index contributed by atoms with van der Waals surface area (Å²) in [5.41, 5.74) is 11.3. The van der Waals surface area contributed by atoms with Crippen LogP contribution in [-0.4, -0.2) is 42.4 Å². The van der Waals surface area contributed by atoms with E-state index in [0.29, 0.717) is 5.56 Å². The number of hydrogen-bond acceptors (Lipinski definition) is 8. The van der Waals surface area contributed by atoms with Gasteiger partial charge in [-0.1, -0.05) is 74.5 Å². The first-order valence-corrected chi connectivity index (χ1v) is 13.5. The highest BCUT2D eigenvalue weighted by Crippen LogP contribution is 2.43. The maximum absolute atomic E-state index is 11.8. The highest BCUT2D eigenvalue weighted by Gasteiger charge is 2.54. The van der Waals surface area contributed by atoms with Gasteiger partial charge in [-0.25, -0.2) is 0 Å². The third-order valence-corrected chi connectivity index (χ3v) is 7.68. The van der Waals surface area contributed by atoms with E-state index < -0.39 is 56.3 Å². The molecule has 0 aromatic heterocycles. The Morgan fingerprint density at radius 1 is 1.13 bits per heavy atom. The number of primary amides is 1. The minimum Gasteiger partial charge on any atom is -0.457 e. The molecule has 0 spiro atoms. The second kappa shape index (κ2) is 11.5. The molecule has 0 saturated heterocycles. The number of ether oxygens (including phenoxy) is 2. The first kappa shape index (κ1) is 29.1. The molecule has 1 amide bonds. The highest BCUT2D eigenvalue weighted by atomic mass is 32.2. The quantitative estimate of drug-likeness (QED) is 0.292. The molecule has 3 rings (SSSR count). The van der Waals surface area contributed by atoms with Crippen LogP contribution in [0.1, 0.15) is 37.8 Å². The number of amides is 1. The molecule has 10 nitrogen and oxygen atoms in total. The number of carbonyl (C=O) groups excluding carboxylic acids is 1. The van der Waals surface area contributed by atoms with Gasteiger partial charge in [0.15, 0.2) is 0 Å². The van der Waals surface area contributed by atoms with Crippen molar-refractivity contribution in [3.05, 3.63) is 83.1 Å². The Morgan fingerprint density at radius 3 is 2.21 bits per heavy atom. The van der Waals surface area contributed by atoms with E-state index in [1.165, 1.54) is 0 Å². The van der Waals surface area contributed by atoms with Crippen molar-refractivity contribution >= 4 is 16.0 Å². The van der Waals surface area contributed by atoms with Gasteiger partial charge in [0, 0.05) is 17.4 Å². The Balaban J connectivity index is 2.07. The topological polar surface area (TPSA) is 186 Å². The zero-order chi connectivity index (χ0) is 28.1. The van der Waals surface area contributed by atoms with E-state index in [1.807, 2.05) is 30.3 Å². The average molecular weight is 544 g/mol. The largest absolute Gasteiger partial charge is 0.457 e. The van der Waals surface area contributed by atoms with Crippen molar-refractivity contribution in [2.45, 2.75) is 57.0 Å². The molecule has 38 heavy (non-hydrogen) atoms. The lowest BCUT2D eigenvalue weighted by Crippen LogP contribution is -2.60. The van der Waals surface area contributed by atoms with Crippen LogP contribution < -0.4 is 11.5 Å². The predicted molar refractivity (Wildman–Crippen MR) is 139 cm³/mol. The molecule has 11 heteroatoms. The van der Waals surface area contributed by atoms with Gasteiger partial charge in [-0.3, -0.25) is 9.35 Å². The summed E-state index contributed by atoms with van der Waals surface area (Å²) in [6.45, 7) is 3.25. The fourth-order valence-corrected chi connectivity index (χ4v) is 5.16. The maximum Gasteiger partial charge on any atom is 0.331 e. The van der Waals surface area contributed by atoms with Crippen molar-refractivity contribution in [1.29, 1.82) is 5.26 Å². The van der Waals surface area contributed by atoms with Gasteiger partial charge in [-0.05, 0) is 30.4 Å². The fourth-order valence-electron chi connectivity index (χ4n) is 4.78. The summed E-state index contributed by atoms with van der Waals surface area (Å²) in [6.07, 6.45) is -1.70. The molecule has 0 bridgehead atoms. The van der Waals surface area contributed by atoms with Gasteiger partial charge in [0.2, 0.25) is 5.91 Å². The molecule has 0 fully saturated rings. The second-order valence-corrected chi connectivity index (χ2v) is 11.5. The van der Waals surface area contributed by atoms with Crippen molar-refractivity contribution in [3.8, 4) is 6.07 Å². The van der Waals surface area contributed by atoms with Gasteiger partial charge >= 0.3 is 10.1 Å². The Labute approximate surface area is 222 Å². The smallest absolute Gasteiger partial charge is 0.331 e. The Hall–Kier alpha value is -3.43. The number of benzene rings is 2. The van der Waals surface area contributed by atoms with Crippen LogP contribution in [0.15, 0.2) is 72.0 Å². The molecule has 0 radical (unpaired) electrons. The summed E-state index contributed by atoms with van der Waals surface area (Å²) in [5.74, 6) is -1.34. The molecular formula is C27H33N3O7S. The SMILES string of the molecule is CC(C)(CC(C#N)C[C@@H](O)[C@@H](N)C(Cc1ccccc1)(c1ccccc1)C1OC=C(S(=O)(=O)O)O1)C(N)=O. The Bertz CT molecular complexity index is 1290. The molecule has 2 aromatic carbocycles. The van der Waals surface area contributed by atoms with Gasteiger partial charge < -0.3 is 26.0 Å². The first-order valence-electron chi connectivity index (χ1n) is 12.0. The zero-order valence-corrected chi connectivity index (χ0v) is 22.0. The van der Waals surface area contributed by atoms with Crippen molar-refractivity contribution in [2.24, 2.45) is 22.8 Å². The lowest BCUT2D eigenvalue weighted by molar-refractivity contribution is -0.126. The number of nitrogens with two attached hydrogens (primary N) is 2. The molecule has 2 aromatic rings. The van der Waals surface area contributed by atoms with Crippen LogP contribution in [0.4, 0.5) is 0 Å². The van der Waals surface area contributed by atoms with Crippen LogP contribution in [0.5, 0.6) is 0 Å². The summed E-state index contributed by atoms with van der Waals surface area (Å²) in [4.78, 5) is 11.8. The number of aliphatic hydroxyl groups is 1. The second-order valence-electron chi connectivity index (χ2n) is 10.2. The Morgan fingerprint density at radius 2 is 1.71 bits per heavy atom. The van der Waals surface area contributed by atoms with Gasteiger partial charge in [0.1, 0.15) is 6.26 Å². The molecule has 5 atom stereocenters. The molecule has 0 saturated carbocycles. The molecule has 1 aliphatic rings. The van der Waals surface area contributed by atoms with E-state index in [0.717, 1.165) is 11.8 Å².